The van der Waals surface area contributed by atoms with Gasteiger partial charge in [0.25, 0.3) is 0 Å². The van der Waals surface area contributed by atoms with Crippen LogP contribution in [0.15, 0.2) is 46.9 Å². The fourth-order valence-electron chi connectivity index (χ4n) is 4.24. The summed E-state index contributed by atoms with van der Waals surface area (Å²) < 4.78 is 12.5. The Kier molecular flexibility index (Phi) is 5.46. The molecule has 0 bridgehead atoms. The molecule has 0 amide bonds. The number of hydrogen-bond acceptors (Lipinski definition) is 6. The monoisotopic (exact) mass is 495 g/mol. The fraction of sp³-hybridized carbons (Fsp3) is 0.292. The van der Waals surface area contributed by atoms with Gasteiger partial charge in [0, 0.05) is 35.1 Å². The zero-order chi connectivity index (χ0) is 22.2. The summed E-state index contributed by atoms with van der Waals surface area (Å²) in [6.07, 6.45) is 1.84. The normalized spacial score (nSPS) is 15.5. The van der Waals surface area contributed by atoms with Gasteiger partial charge >= 0.3 is 5.97 Å². The molecule has 0 spiro atoms. The van der Waals surface area contributed by atoms with Crippen LogP contribution in [0.2, 0.25) is 0 Å². The average Bonchev–Trinajstić information content (AvgIpc) is 2.82. The number of benzene rings is 2. The molecule has 0 saturated carbocycles. The molecule has 2 aliphatic rings. The van der Waals surface area contributed by atoms with Gasteiger partial charge in [-0.15, -0.1) is 0 Å². The second kappa shape index (κ2) is 8.43. The van der Waals surface area contributed by atoms with Crippen molar-refractivity contribution in [3.05, 3.63) is 58.1 Å². The SMILES string of the molecule is COc1ccc(-c2nc3c(c(N4CCC(C(=O)O)CC4)n2)Cc2cc(Br)ccc2O3)cc1. The average molecular weight is 496 g/mol. The molecule has 32 heavy (non-hydrogen) atoms. The number of fused-ring (bicyclic) bond motifs is 2. The molecule has 0 aliphatic carbocycles. The Hall–Kier alpha value is -3.13. The number of carboxylic acids is 1. The van der Waals surface area contributed by atoms with Crippen LogP contribution in [0.4, 0.5) is 5.82 Å². The minimum absolute atomic E-state index is 0.307. The lowest BCUT2D eigenvalue weighted by atomic mass is 9.96. The number of rotatable bonds is 4. The molecule has 5 rings (SSSR count). The maximum atomic E-state index is 11.4. The summed E-state index contributed by atoms with van der Waals surface area (Å²) in [5, 5.41) is 9.38. The number of nitrogens with zero attached hydrogens (tertiary/aromatic N) is 3. The molecular weight excluding hydrogens is 474 g/mol. The molecular formula is C24H22BrN3O4. The van der Waals surface area contributed by atoms with Crippen LogP contribution in [0.25, 0.3) is 11.4 Å². The van der Waals surface area contributed by atoms with E-state index in [9.17, 15) is 9.90 Å². The van der Waals surface area contributed by atoms with Crippen LogP contribution in [-0.4, -0.2) is 41.2 Å². The molecule has 3 heterocycles. The van der Waals surface area contributed by atoms with Crippen molar-refractivity contribution in [1.82, 2.24) is 9.97 Å². The van der Waals surface area contributed by atoms with E-state index < -0.39 is 5.97 Å². The maximum Gasteiger partial charge on any atom is 0.306 e. The first kappa shape index (κ1) is 20.8. The minimum Gasteiger partial charge on any atom is -0.497 e. The van der Waals surface area contributed by atoms with Crippen molar-refractivity contribution < 1.29 is 19.4 Å². The number of hydrogen-bond donors (Lipinski definition) is 1. The van der Waals surface area contributed by atoms with E-state index in [0.29, 0.717) is 44.1 Å². The van der Waals surface area contributed by atoms with Crippen LogP contribution < -0.4 is 14.4 Å². The molecule has 3 aromatic rings. The topological polar surface area (TPSA) is 84.8 Å². The van der Waals surface area contributed by atoms with Crippen LogP contribution in [0.1, 0.15) is 24.0 Å². The zero-order valence-electron chi connectivity index (χ0n) is 17.5. The third kappa shape index (κ3) is 3.90. The Morgan fingerprint density at radius 3 is 2.59 bits per heavy atom. The zero-order valence-corrected chi connectivity index (χ0v) is 19.1. The predicted octanol–water partition coefficient (Wildman–Crippen LogP) is 4.91. The van der Waals surface area contributed by atoms with Gasteiger partial charge in [0.1, 0.15) is 17.3 Å². The molecule has 7 nitrogen and oxygen atoms in total. The molecule has 1 N–H and O–H groups in total. The van der Waals surface area contributed by atoms with E-state index in [2.05, 4.69) is 26.9 Å². The Balaban J connectivity index is 1.56. The molecule has 2 aliphatic heterocycles. The summed E-state index contributed by atoms with van der Waals surface area (Å²) in [6, 6.07) is 13.6. The molecule has 0 radical (unpaired) electrons. The van der Waals surface area contributed by atoms with Crippen molar-refractivity contribution >= 4 is 27.7 Å². The lowest BCUT2D eigenvalue weighted by Crippen LogP contribution is -2.37. The van der Waals surface area contributed by atoms with E-state index in [0.717, 1.165) is 38.5 Å². The highest BCUT2D eigenvalue weighted by Crippen LogP contribution is 2.42. The van der Waals surface area contributed by atoms with E-state index in [1.807, 2.05) is 36.4 Å². The maximum absolute atomic E-state index is 11.4. The second-order valence-electron chi connectivity index (χ2n) is 8.01. The highest BCUT2D eigenvalue weighted by atomic mass is 79.9. The molecule has 8 heteroatoms. The van der Waals surface area contributed by atoms with Gasteiger partial charge in [0.05, 0.1) is 18.6 Å². The largest absolute Gasteiger partial charge is 0.497 e. The molecule has 1 aromatic heterocycles. The van der Waals surface area contributed by atoms with Gasteiger partial charge in [-0.25, -0.2) is 4.98 Å². The van der Waals surface area contributed by atoms with Crippen LogP contribution in [0.3, 0.4) is 0 Å². The van der Waals surface area contributed by atoms with Crippen LogP contribution in [0.5, 0.6) is 17.4 Å². The summed E-state index contributed by atoms with van der Waals surface area (Å²) in [7, 11) is 1.63. The summed E-state index contributed by atoms with van der Waals surface area (Å²) in [6.45, 7) is 1.27. The number of ether oxygens (including phenoxy) is 2. The third-order valence-corrected chi connectivity index (χ3v) is 6.53. The van der Waals surface area contributed by atoms with Gasteiger partial charge in [-0.05, 0) is 55.3 Å². The number of anilines is 1. The summed E-state index contributed by atoms with van der Waals surface area (Å²) in [5.41, 5.74) is 2.86. The first-order valence-electron chi connectivity index (χ1n) is 10.5. The van der Waals surface area contributed by atoms with Gasteiger partial charge in [0.15, 0.2) is 5.82 Å². The third-order valence-electron chi connectivity index (χ3n) is 6.04. The van der Waals surface area contributed by atoms with Crippen LogP contribution in [0, 0.1) is 5.92 Å². The lowest BCUT2D eigenvalue weighted by Gasteiger charge is -2.33. The minimum atomic E-state index is -0.726. The molecule has 0 unspecified atom stereocenters. The van der Waals surface area contributed by atoms with Crippen molar-refractivity contribution in [3.8, 4) is 28.8 Å². The highest BCUT2D eigenvalue weighted by Gasteiger charge is 2.30. The van der Waals surface area contributed by atoms with Crippen molar-refractivity contribution in [1.29, 1.82) is 0 Å². The smallest absolute Gasteiger partial charge is 0.306 e. The van der Waals surface area contributed by atoms with Crippen LogP contribution >= 0.6 is 15.9 Å². The van der Waals surface area contributed by atoms with E-state index in [4.69, 9.17) is 19.4 Å². The number of carbonyl (C=O) groups is 1. The quantitative estimate of drug-likeness (QED) is 0.430. The number of aromatic nitrogens is 2. The fourth-order valence-corrected chi connectivity index (χ4v) is 4.65. The first-order valence-corrected chi connectivity index (χ1v) is 11.3. The Bertz CT molecular complexity index is 1170. The van der Waals surface area contributed by atoms with Gasteiger partial charge in [0.2, 0.25) is 5.88 Å². The molecule has 164 valence electrons. The van der Waals surface area contributed by atoms with E-state index in [1.165, 1.54) is 0 Å². The summed E-state index contributed by atoms with van der Waals surface area (Å²) in [4.78, 5) is 23.3. The number of methoxy groups -OCH3 is 1. The molecule has 1 fully saturated rings. The Labute approximate surface area is 194 Å². The Morgan fingerprint density at radius 1 is 1.16 bits per heavy atom. The molecule has 1 saturated heterocycles. The van der Waals surface area contributed by atoms with E-state index in [-0.39, 0.29) is 5.92 Å². The summed E-state index contributed by atoms with van der Waals surface area (Å²) >= 11 is 3.54. The second-order valence-corrected chi connectivity index (χ2v) is 8.93. The number of halogens is 1. The number of piperidine rings is 1. The number of aliphatic carboxylic acids is 1. The van der Waals surface area contributed by atoms with Gasteiger partial charge in [-0.3, -0.25) is 4.79 Å². The Morgan fingerprint density at radius 2 is 1.91 bits per heavy atom. The first-order chi connectivity index (χ1) is 15.5. The van der Waals surface area contributed by atoms with E-state index in [1.54, 1.807) is 7.11 Å². The van der Waals surface area contributed by atoms with Gasteiger partial charge in [-0.2, -0.15) is 4.98 Å². The standard InChI is InChI=1S/C24H22BrN3O4/c1-31-18-5-2-14(3-6-18)21-26-22(28-10-8-15(9-11-28)24(29)30)19-13-16-12-17(25)4-7-20(16)32-23(19)27-21/h2-7,12,15H,8-11,13H2,1H3,(H,29,30). The summed E-state index contributed by atoms with van der Waals surface area (Å²) in [5.74, 6) is 2.45. The van der Waals surface area contributed by atoms with Crippen molar-refractivity contribution in [2.24, 2.45) is 5.92 Å². The van der Waals surface area contributed by atoms with Crippen molar-refractivity contribution in [2.45, 2.75) is 19.3 Å². The molecule has 0 atom stereocenters. The van der Waals surface area contributed by atoms with E-state index >= 15 is 0 Å². The van der Waals surface area contributed by atoms with Gasteiger partial charge < -0.3 is 19.5 Å². The molecule has 2 aromatic carbocycles. The number of carboxylic acid groups (broad SMARTS) is 1. The highest BCUT2D eigenvalue weighted by molar-refractivity contribution is 9.10. The van der Waals surface area contributed by atoms with Crippen LogP contribution in [-0.2, 0) is 11.2 Å². The van der Waals surface area contributed by atoms with Crippen molar-refractivity contribution in [3.63, 3.8) is 0 Å². The van der Waals surface area contributed by atoms with Gasteiger partial charge in [-0.1, -0.05) is 15.9 Å². The predicted molar refractivity (Wildman–Crippen MR) is 124 cm³/mol. The van der Waals surface area contributed by atoms with Crippen molar-refractivity contribution in [2.75, 3.05) is 25.1 Å². The lowest BCUT2D eigenvalue weighted by molar-refractivity contribution is -0.142.